The second kappa shape index (κ2) is 13.4. The van der Waals surface area contributed by atoms with Gasteiger partial charge in [0.1, 0.15) is 24.1 Å². The van der Waals surface area contributed by atoms with Gasteiger partial charge in [-0.3, -0.25) is 4.57 Å². The van der Waals surface area contributed by atoms with Crippen LogP contribution in [0.5, 0.6) is 0 Å². The number of nitrogens with one attached hydrogen (secondary N) is 2. The monoisotopic (exact) mass is 554 g/mol. The molecule has 218 valence electrons. The summed E-state index contributed by atoms with van der Waals surface area (Å²) in [5.41, 5.74) is 9.14. The molecular weight excluding hydrogens is 512 g/mol. The first-order chi connectivity index (χ1) is 19.2. The lowest BCUT2D eigenvalue weighted by molar-refractivity contribution is -0.161. The molecule has 4 rings (SSSR count). The lowest BCUT2D eigenvalue weighted by atomic mass is 10.1. The van der Waals surface area contributed by atoms with Crippen molar-refractivity contribution in [3.8, 4) is 0 Å². The predicted octanol–water partition coefficient (Wildman–Crippen LogP) is 3.56. The number of hydrogen-bond donors (Lipinski definition) is 3. The summed E-state index contributed by atoms with van der Waals surface area (Å²) in [6.45, 7) is 7.82. The molecule has 3 atom stereocenters. The van der Waals surface area contributed by atoms with Crippen LogP contribution in [0, 0.1) is 0 Å². The topological polar surface area (TPSA) is 142 Å². The number of aryl methyl sites for hydroxylation is 1. The van der Waals surface area contributed by atoms with Gasteiger partial charge in [0.2, 0.25) is 0 Å². The Morgan fingerprint density at radius 3 is 2.70 bits per heavy atom. The van der Waals surface area contributed by atoms with Crippen LogP contribution in [0.3, 0.4) is 0 Å². The maximum atomic E-state index is 12.3. The number of carbonyl (C=O) groups excluding carboxylic acids is 1. The van der Waals surface area contributed by atoms with Gasteiger partial charge in [0.15, 0.2) is 23.5 Å². The smallest absolute Gasteiger partial charge is 0.319 e. The second-order valence-electron chi connectivity index (χ2n) is 10.6. The molecule has 1 fully saturated rings. The number of rotatable bonds is 13. The number of unbranched alkanes of at least 4 members (excludes halogenated alkanes) is 1. The molecule has 2 amide bonds. The van der Waals surface area contributed by atoms with Gasteiger partial charge in [0.05, 0.1) is 6.33 Å². The number of anilines is 2. The first-order valence-corrected chi connectivity index (χ1v) is 13.8. The van der Waals surface area contributed by atoms with E-state index < -0.39 is 18.1 Å². The predicted molar refractivity (Wildman–Crippen MR) is 154 cm³/mol. The average Bonchev–Trinajstić information content (AvgIpc) is 3.50. The number of hydrogen-bond acceptors (Lipinski definition) is 9. The summed E-state index contributed by atoms with van der Waals surface area (Å²) < 4.78 is 20.3. The number of fused-ring (bicyclic) bond motifs is 1. The van der Waals surface area contributed by atoms with Crippen molar-refractivity contribution >= 4 is 28.7 Å². The number of imidazole rings is 1. The molecule has 1 aliphatic heterocycles. The summed E-state index contributed by atoms with van der Waals surface area (Å²) in [5, 5.41) is 5.83. The molecule has 1 aliphatic rings. The number of aromatic nitrogens is 4. The van der Waals surface area contributed by atoms with Crippen LogP contribution in [0.2, 0.25) is 0 Å². The molecule has 0 bridgehead atoms. The maximum absolute atomic E-state index is 12.3. The number of methoxy groups -OCH3 is 1. The van der Waals surface area contributed by atoms with E-state index in [1.165, 1.54) is 24.7 Å². The van der Waals surface area contributed by atoms with E-state index in [0.29, 0.717) is 30.1 Å². The third-order valence-electron chi connectivity index (χ3n) is 6.96. The molecule has 12 heteroatoms. The molecule has 3 heterocycles. The fourth-order valence-corrected chi connectivity index (χ4v) is 4.88. The van der Waals surface area contributed by atoms with E-state index in [9.17, 15) is 4.79 Å². The molecule has 2 aromatic heterocycles. The molecule has 12 nitrogen and oxygen atoms in total. The first-order valence-electron chi connectivity index (χ1n) is 13.8. The molecular formula is C28H42N8O4. The highest BCUT2D eigenvalue weighted by Crippen LogP contribution is 2.38. The Labute approximate surface area is 235 Å². The van der Waals surface area contributed by atoms with E-state index in [0.717, 1.165) is 25.1 Å². The van der Waals surface area contributed by atoms with Crippen molar-refractivity contribution < 1.29 is 19.0 Å². The largest absolute Gasteiger partial charge is 0.382 e. The van der Waals surface area contributed by atoms with Crippen LogP contribution in [0.1, 0.15) is 51.8 Å². The highest BCUT2D eigenvalue weighted by atomic mass is 16.8. The zero-order valence-corrected chi connectivity index (χ0v) is 24.1. The number of likely N-dealkylation sites (N-methyl/N-ethyl adjacent to an activating group) is 1. The quantitative estimate of drug-likeness (QED) is 0.270. The molecule has 1 saturated heterocycles. The molecule has 1 aromatic carbocycles. The Morgan fingerprint density at radius 2 is 1.98 bits per heavy atom. The van der Waals surface area contributed by atoms with Crippen molar-refractivity contribution in [1.29, 1.82) is 0 Å². The van der Waals surface area contributed by atoms with E-state index in [2.05, 4.69) is 49.5 Å². The van der Waals surface area contributed by atoms with Crippen LogP contribution >= 0.6 is 0 Å². The summed E-state index contributed by atoms with van der Waals surface area (Å²) in [6, 6.07) is 7.81. The molecule has 0 spiro atoms. The minimum absolute atomic E-state index is 0.211. The number of urea groups is 1. The van der Waals surface area contributed by atoms with Gasteiger partial charge in [-0.05, 0) is 64.4 Å². The zero-order chi connectivity index (χ0) is 28.7. The third kappa shape index (κ3) is 7.45. The summed E-state index contributed by atoms with van der Waals surface area (Å²) in [6.07, 6.45) is 5.98. The van der Waals surface area contributed by atoms with Crippen molar-refractivity contribution in [2.24, 2.45) is 0 Å². The van der Waals surface area contributed by atoms with Crippen LogP contribution in [-0.2, 0) is 20.6 Å². The number of benzene rings is 1. The number of nitrogens with zero attached hydrogens (tertiary/aromatic N) is 5. The van der Waals surface area contributed by atoms with Crippen LogP contribution in [-0.4, -0.2) is 82.2 Å². The van der Waals surface area contributed by atoms with E-state index in [4.69, 9.17) is 19.9 Å². The van der Waals surface area contributed by atoms with E-state index in [1.54, 1.807) is 13.4 Å². The maximum Gasteiger partial charge on any atom is 0.319 e. The molecule has 3 aromatic rings. The zero-order valence-electron chi connectivity index (χ0n) is 24.1. The fraction of sp³-hybridized carbons (Fsp3) is 0.571. The number of nitrogens with two attached hydrogens (primary N) is 1. The summed E-state index contributed by atoms with van der Waals surface area (Å²) >= 11 is 0. The van der Waals surface area contributed by atoms with Crippen LogP contribution < -0.4 is 16.4 Å². The van der Waals surface area contributed by atoms with Crippen molar-refractivity contribution in [3.63, 3.8) is 0 Å². The van der Waals surface area contributed by atoms with E-state index >= 15 is 0 Å². The molecule has 40 heavy (non-hydrogen) atoms. The van der Waals surface area contributed by atoms with Crippen LogP contribution in [0.25, 0.3) is 11.2 Å². The highest BCUT2D eigenvalue weighted by Gasteiger charge is 2.47. The highest BCUT2D eigenvalue weighted by molar-refractivity contribution is 5.89. The molecule has 0 aliphatic carbocycles. The van der Waals surface area contributed by atoms with Crippen molar-refractivity contribution in [3.05, 3.63) is 42.5 Å². The lowest BCUT2D eigenvalue weighted by Gasteiger charge is -2.29. The van der Waals surface area contributed by atoms with Crippen molar-refractivity contribution in [1.82, 2.24) is 29.7 Å². The third-order valence-corrected chi connectivity index (χ3v) is 6.96. The fourth-order valence-electron chi connectivity index (χ4n) is 4.88. The normalized spacial score (nSPS) is 19.2. The minimum atomic E-state index is -0.826. The Hall–Kier alpha value is -3.32. The number of nitrogen functional groups attached to an aromatic ring is 1. The van der Waals surface area contributed by atoms with Gasteiger partial charge < -0.3 is 35.5 Å². The molecule has 0 radical (unpaired) electrons. The van der Waals surface area contributed by atoms with Gasteiger partial charge in [0.25, 0.3) is 0 Å². The van der Waals surface area contributed by atoms with E-state index in [1.807, 2.05) is 37.6 Å². The van der Waals surface area contributed by atoms with Gasteiger partial charge in [-0.1, -0.05) is 25.5 Å². The molecule has 4 N–H and O–H groups in total. The van der Waals surface area contributed by atoms with Gasteiger partial charge in [-0.2, -0.15) is 0 Å². The second-order valence-corrected chi connectivity index (χ2v) is 10.6. The Kier molecular flexibility index (Phi) is 9.90. The first kappa shape index (κ1) is 29.7. The summed E-state index contributed by atoms with van der Waals surface area (Å²) in [7, 11) is 3.68. The SMILES string of the molecule is CCCCc1ccc(NC(=O)NCCCN(C)C[C@@H](OC)[C@H]2OC(C)(C)O[C@H]2n2cnc3c(N)ncnc32)cc1. The van der Waals surface area contributed by atoms with Crippen LogP contribution in [0.15, 0.2) is 36.9 Å². The lowest BCUT2D eigenvalue weighted by Crippen LogP contribution is -2.43. The van der Waals surface area contributed by atoms with Gasteiger partial charge in [-0.15, -0.1) is 0 Å². The standard InChI is InChI=1S/C28H42N8O4/c1-6-7-9-19-10-12-20(13-11-19)34-27(37)30-14-8-15-35(4)16-21(38-5)23-26(40-28(2,3)39-23)36-18-33-22-24(29)31-17-32-25(22)36/h10-13,17-18,21,23,26H,6-9,14-16H2,1-5H3,(H2,29,31,32)(H2,30,34,37)/t21-,23-,26-/m1/s1. The van der Waals surface area contributed by atoms with Gasteiger partial charge >= 0.3 is 6.03 Å². The number of amides is 2. The average molecular weight is 555 g/mol. The molecule has 0 unspecified atom stereocenters. The van der Waals surface area contributed by atoms with E-state index in [-0.39, 0.29) is 12.1 Å². The summed E-state index contributed by atoms with van der Waals surface area (Å²) in [5.74, 6) is -0.517. The van der Waals surface area contributed by atoms with Crippen molar-refractivity contribution in [2.45, 2.75) is 70.7 Å². The van der Waals surface area contributed by atoms with Gasteiger partial charge in [0, 0.05) is 25.9 Å². The van der Waals surface area contributed by atoms with Crippen molar-refractivity contribution in [2.75, 3.05) is 44.8 Å². The van der Waals surface area contributed by atoms with Crippen LogP contribution in [0.4, 0.5) is 16.3 Å². The molecule has 0 saturated carbocycles. The number of carbonyl (C=O) groups is 1. The van der Waals surface area contributed by atoms with Gasteiger partial charge in [-0.25, -0.2) is 19.7 Å². The summed E-state index contributed by atoms with van der Waals surface area (Å²) in [4.78, 5) is 27.2. The minimum Gasteiger partial charge on any atom is -0.382 e. The Bertz CT molecular complexity index is 1250. The Balaban J connectivity index is 1.27. The number of ether oxygens (including phenoxy) is 3. The Morgan fingerprint density at radius 1 is 1.20 bits per heavy atom.